The number of ether oxygens (including phenoxy) is 1. The fraction of sp³-hybridized carbons (Fsp3) is 0.100. The standard InChI is InChI=1S/C10H11N3O3S/c11-10(17)13-12-5-7-1-3-8(4-2-7)16-6-9(14)15/h1-5H,6H2,(H,14,15)(H3,11,13,17)/b12-5+. The van der Waals surface area contributed by atoms with Crippen LogP contribution in [0.1, 0.15) is 5.56 Å². The Morgan fingerprint density at radius 2 is 2.18 bits per heavy atom. The van der Waals surface area contributed by atoms with E-state index in [9.17, 15) is 4.79 Å². The van der Waals surface area contributed by atoms with Gasteiger partial charge < -0.3 is 15.6 Å². The van der Waals surface area contributed by atoms with Gasteiger partial charge in [-0.05, 0) is 42.0 Å². The number of nitrogens with one attached hydrogen (secondary N) is 1. The number of carboxylic acids is 1. The Kier molecular flexibility index (Phi) is 4.89. The second kappa shape index (κ2) is 6.44. The second-order valence-corrected chi connectivity index (χ2v) is 3.43. The van der Waals surface area contributed by atoms with Gasteiger partial charge in [0.2, 0.25) is 0 Å². The third-order valence-corrected chi connectivity index (χ3v) is 1.72. The van der Waals surface area contributed by atoms with E-state index in [0.29, 0.717) is 5.75 Å². The van der Waals surface area contributed by atoms with Gasteiger partial charge in [-0.3, -0.25) is 5.43 Å². The number of carboxylic acid groups (broad SMARTS) is 1. The molecule has 1 aromatic rings. The lowest BCUT2D eigenvalue weighted by molar-refractivity contribution is -0.139. The van der Waals surface area contributed by atoms with Gasteiger partial charge in [0, 0.05) is 0 Å². The first-order valence-electron chi connectivity index (χ1n) is 4.61. The summed E-state index contributed by atoms with van der Waals surface area (Å²) in [5, 5.41) is 12.3. The van der Waals surface area contributed by atoms with E-state index in [2.05, 4.69) is 22.7 Å². The minimum absolute atomic E-state index is 0.0858. The first-order chi connectivity index (χ1) is 8.08. The largest absolute Gasteiger partial charge is 0.482 e. The van der Waals surface area contributed by atoms with Gasteiger partial charge in [0.25, 0.3) is 0 Å². The molecule has 90 valence electrons. The number of nitrogens with zero attached hydrogens (tertiary/aromatic N) is 1. The second-order valence-electron chi connectivity index (χ2n) is 2.99. The number of rotatable bonds is 5. The summed E-state index contributed by atoms with van der Waals surface area (Å²) in [6.45, 7) is -0.365. The van der Waals surface area contributed by atoms with Crippen LogP contribution in [0, 0.1) is 0 Å². The van der Waals surface area contributed by atoms with E-state index in [1.165, 1.54) is 6.21 Å². The fourth-order valence-corrected chi connectivity index (χ4v) is 1.02. The Balaban J connectivity index is 2.52. The van der Waals surface area contributed by atoms with E-state index in [1.54, 1.807) is 24.3 Å². The molecule has 0 aliphatic rings. The molecule has 0 aromatic heterocycles. The number of benzene rings is 1. The monoisotopic (exact) mass is 253 g/mol. The van der Waals surface area contributed by atoms with Crippen molar-refractivity contribution >= 4 is 29.5 Å². The van der Waals surface area contributed by atoms with E-state index >= 15 is 0 Å². The SMILES string of the molecule is NC(=S)N/N=C/c1ccc(OCC(=O)O)cc1. The van der Waals surface area contributed by atoms with Gasteiger partial charge in [-0.25, -0.2) is 4.79 Å². The molecule has 4 N–H and O–H groups in total. The molecule has 0 aliphatic carbocycles. The molecule has 0 fully saturated rings. The number of hydrazone groups is 1. The summed E-state index contributed by atoms with van der Waals surface area (Å²) in [7, 11) is 0. The van der Waals surface area contributed by atoms with Crippen LogP contribution in [-0.2, 0) is 4.79 Å². The third kappa shape index (κ3) is 5.47. The number of aliphatic carboxylic acids is 1. The Hall–Kier alpha value is -2.15. The molecule has 0 saturated carbocycles. The van der Waals surface area contributed by atoms with Crippen molar-refractivity contribution in [1.82, 2.24) is 5.43 Å². The van der Waals surface area contributed by atoms with Crippen LogP contribution in [0.15, 0.2) is 29.4 Å². The van der Waals surface area contributed by atoms with E-state index < -0.39 is 5.97 Å². The number of nitrogens with two attached hydrogens (primary N) is 1. The maximum atomic E-state index is 10.3. The molecule has 0 heterocycles. The lowest BCUT2D eigenvalue weighted by atomic mass is 10.2. The molecule has 7 heteroatoms. The van der Waals surface area contributed by atoms with Crippen molar-refractivity contribution in [3.63, 3.8) is 0 Å². The van der Waals surface area contributed by atoms with Crippen molar-refractivity contribution in [2.45, 2.75) is 0 Å². The summed E-state index contributed by atoms with van der Waals surface area (Å²) in [6, 6.07) is 6.74. The van der Waals surface area contributed by atoms with Crippen LogP contribution in [0.5, 0.6) is 5.75 Å². The molecule has 0 saturated heterocycles. The van der Waals surface area contributed by atoms with Gasteiger partial charge in [-0.2, -0.15) is 5.10 Å². The maximum absolute atomic E-state index is 10.3. The van der Waals surface area contributed by atoms with Gasteiger partial charge in [-0.1, -0.05) is 0 Å². The lowest BCUT2D eigenvalue weighted by Crippen LogP contribution is -2.23. The summed E-state index contributed by atoms with van der Waals surface area (Å²) in [5.74, 6) is -0.539. The van der Waals surface area contributed by atoms with Crippen molar-refractivity contribution in [2.75, 3.05) is 6.61 Å². The van der Waals surface area contributed by atoms with E-state index in [0.717, 1.165) is 5.56 Å². The third-order valence-electron chi connectivity index (χ3n) is 1.63. The van der Waals surface area contributed by atoms with Gasteiger partial charge in [0.15, 0.2) is 11.7 Å². The van der Waals surface area contributed by atoms with Gasteiger partial charge >= 0.3 is 5.97 Å². The zero-order valence-corrected chi connectivity index (χ0v) is 9.61. The molecular formula is C10H11N3O3S. The zero-order valence-electron chi connectivity index (χ0n) is 8.79. The van der Waals surface area contributed by atoms with Gasteiger partial charge in [0.1, 0.15) is 5.75 Å². The normalized spacial score (nSPS) is 10.1. The number of carbonyl (C=O) groups is 1. The lowest BCUT2D eigenvalue weighted by Gasteiger charge is -2.02. The van der Waals surface area contributed by atoms with Crippen LogP contribution < -0.4 is 15.9 Å². The van der Waals surface area contributed by atoms with Crippen molar-refractivity contribution in [3.8, 4) is 5.75 Å². The number of hydrogen-bond acceptors (Lipinski definition) is 4. The Morgan fingerprint density at radius 3 is 2.71 bits per heavy atom. The molecule has 0 spiro atoms. The first-order valence-corrected chi connectivity index (χ1v) is 5.02. The van der Waals surface area contributed by atoms with E-state index in [1.807, 2.05) is 0 Å². The van der Waals surface area contributed by atoms with Crippen molar-refractivity contribution in [1.29, 1.82) is 0 Å². The molecule has 0 aliphatic heterocycles. The maximum Gasteiger partial charge on any atom is 0.341 e. The Bertz CT molecular complexity index is 431. The molecule has 0 amide bonds. The average molecular weight is 253 g/mol. The Morgan fingerprint density at radius 1 is 1.53 bits per heavy atom. The van der Waals surface area contributed by atoms with Crippen LogP contribution in [-0.4, -0.2) is 29.0 Å². The fourth-order valence-electron chi connectivity index (χ4n) is 0.966. The molecule has 1 aromatic carbocycles. The van der Waals surface area contributed by atoms with E-state index in [-0.39, 0.29) is 11.7 Å². The molecule has 0 bridgehead atoms. The van der Waals surface area contributed by atoms with E-state index in [4.69, 9.17) is 15.6 Å². The highest BCUT2D eigenvalue weighted by Gasteiger charge is 1.98. The highest BCUT2D eigenvalue weighted by Crippen LogP contribution is 2.10. The van der Waals surface area contributed by atoms with Crippen molar-refractivity contribution < 1.29 is 14.6 Å². The summed E-state index contributed by atoms with van der Waals surface area (Å²) < 4.78 is 4.96. The topological polar surface area (TPSA) is 96.9 Å². The van der Waals surface area contributed by atoms with Gasteiger partial charge in [0.05, 0.1) is 6.21 Å². The van der Waals surface area contributed by atoms with Gasteiger partial charge in [-0.15, -0.1) is 0 Å². The molecule has 0 radical (unpaired) electrons. The minimum Gasteiger partial charge on any atom is -0.482 e. The minimum atomic E-state index is -1.02. The number of thiocarbonyl (C=S) groups is 1. The van der Waals surface area contributed by atoms with Crippen molar-refractivity contribution in [3.05, 3.63) is 29.8 Å². The van der Waals surface area contributed by atoms with Crippen LogP contribution in [0.4, 0.5) is 0 Å². The highest BCUT2D eigenvalue weighted by molar-refractivity contribution is 7.80. The summed E-state index contributed by atoms with van der Waals surface area (Å²) in [4.78, 5) is 10.3. The molecule has 0 unspecified atom stereocenters. The molecular weight excluding hydrogens is 242 g/mol. The van der Waals surface area contributed by atoms with Crippen LogP contribution >= 0.6 is 12.2 Å². The van der Waals surface area contributed by atoms with Crippen LogP contribution in [0.2, 0.25) is 0 Å². The average Bonchev–Trinajstić information content (AvgIpc) is 2.27. The summed E-state index contributed by atoms with van der Waals surface area (Å²) in [5.41, 5.74) is 8.40. The molecule has 17 heavy (non-hydrogen) atoms. The summed E-state index contributed by atoms with van der Waals surface area (Å²) in [6.07, 6.45) is 1.53. The van der Waals surface area contributed by atoms with Crippen molar-refractivity contribution in [2.24, 2.45) is 10.8 Å². The first kappa shape index (κ1) is 12.9. The van der Waals surface area contributed by atoms with Crippen LogP contribution in [0.3, 0.4) is 0 Å². The smallest absolute Gasteiger partial charge is 0.341 e. The molecule has 0 atom stereocenters. The molecule has 6 nitrogen and oxygen atoms in total. The molecule has 1 rings (SSSR count). The summed E-state index contributed by atoms with van der Waals surface area (Å²) >= 11 is 4.57. The predicted molar refractivity (Wildman–Crippen MR) is 67.1 cm³/mol. The highest BCUT2D eigenvalue weighted by atomic mass is 32.1. The number of hydrogen-bond donors (Lipinski definition) is 3. The Labute approximate surface area is 103 Å². The van der Waals surface area contributed by atoms with Crippen LogP contribution in [0.25, 0.3) is 0 Å². The predicted octanol–water partition coefficient (Wildman–Crippen LogP) is 0.317. The quantitative estimate of drug-likeness (QED) is 0.397. The zero-order chi connectivity index (χ0) is 12.7.